The molecule has 1 spiro atoms. The smallest absolute Gasteiger partial charge is 0.305 e. The number of benzene rings is 2. The highest BCUT2D eigenvalue weighted by Crippen LogP contribution is 2.48. The van der Waals surface area contributed by atoms with Crippen LogP contribution in [0, 0.1) is 17.7 Å². The molecule has 7 nitrogen and oxygen atoms in total. The summed E-state index contributed by atoms with van der Waals surface area (Å²) in [6, 6.07) is 11.2. The van der Waals surface area contributed by atoms with E-state index in [2.05, 4.69) is 26.1 Å². The molecule has 4 rings (SSSR count). The maximum atomic E-state index is 14.2. The van der Waals surface area contributed by atoms with Gasteiger partial charge in [-0.05, 0) is 79.8 Å². The maximum Gasteiger partial charge on any atom is 0.305 e. The van der Waals surface area contributed by atoms with E-state index >= 15 is 0 Å². The van der Waals surface area contributed by atoms with Crippen molar-refractivity contribution in [3.05, 3.63) is 70.0 Å². The van der Waals surface area contributed by atoms with Gasteiger partial charge in [0.1, 0.15) is 17.2 Å². The Balaban J connectivity index is 1.67. The first kappa shape index (κ1) is 29.7. The Morgan fingerprint density at radius 1 is 1.18 bits per heavy atom. The minimum atomic E-state index is -0.978. The van der Waals surface area contributed by atoms with Crippen LogP contribution < -0.4 is 5.32 Å². The number of nitrogens with one attached hydrogen (secondary N) is 1. The largest absolute Gasteiger partial charge is 0.481 e. The van der Waals surface area contributed by atoms with Crippen molar-refractivity contribution in [1.82, 2.24) is 10.2 Å². The van der Waals surface area contributed by atoms with Gasteiger partial charge in [0.05, 0.1) is 17.5 Å². The number of carboxylic acids is 1. The van der Waals surface area contributed by atoms with Gasteiger partial charge >= 0.3 is 5.97 Å². The van der Waals surface area contributed by atoms with Crippen molar-refractivity contribution in [2.45, 2.75) is 77.4 Å². The SMILES string of the molecule is CCCC(c1ccc(C(=O)NCCC(=O)O)cc1)N1C(=O)C(c2ccc(F)c(Cl)c2)=NC12CCC(C(C)C)CC2. The average Bonchev–Trinajstić information content (AvgIpc) is 3.20. The van der Waals surface area contributed by atoms with Gasteiger partial charge in [0, 0.05) is 17.7 Å². The van der Waals surface area contributed by atoms with Crippen molar-refractivity contribution in [3.63, 3.8) is 0 Å². The van der Waals surface area contributed by atoms with E-state index in [9.17, 15) is 18.8 Å². The summed E-state index contributed by atoms with van der Waals surface area (Å²) in [5.74, 6) is -0.960. The molecule has 2 amide bonds. The lowest BCUT2D eigenvalue weighted by atomic mass is 9.76. The number of aliphatic carboxylic acids is 1. The van der Waals surface area contributed by atoms with Gasteiger partial charge in [-0.3, -0.25) is 19.4 Å². The van der Waals surface area contributed by atoms with Crippen molar-refractivity contribution < 1.29 is 23.9 Å². The average molecular weight is 570 g/mol. The van der Waals surface area contributed by atoms with Crippen molar-refractivity contribution in [1.29, 1.82) is 0 Å². The van der Waals surface area contributed by atoms with Crippen molar-refractivity contribution in [2.75, 3.05) is 6.54 Å². The van der Waals surface area contributed by atoms with Crippen LogP contribution in [-0.4, -0.2) is 45.7 Å². The van der Waals surface area contributed by atoms with Gasteiger partial charge in [-0.1, -0.05) is 50.9 Å². The predicted molar refractivity (Wildman–Crippen MR) is 153 cm³/mol. The van der Waals surface area contributed by atoms with Crippen LogP contribution in [0.3, 0.4) is 0 Å². The van der Waals surface area contributed by atoms with E-state index in [4.69, 9.17) is 21.7 Å². The highest BCUT2D eigenvalue weighted by molar-refractivity contribution is 6.47. The number of amides is 2. The first-order valence-electron chi connectivity index (χ1n) is 14.0. The molecular formula is C31H37ClFN3O4. The monoisotopic (exact) mass is 569 g/mol. The normalized spacial score (nSPS) is 21.6. The zero-order valence-electron chi connectivity index (χ0n) is 23.3. The number of carbonyl (C=O) groups is 3. The molecule has 1 atom stereocenters. The molecule has 0 saturated heterocycles. The number of nitrogens with zero attached hydrogens (tertiary/aromatic N) is 2. The molecule has 1 unspecified atom stereocenters. The number of rotatable bonds is 10. The number of hydrogen-bond donors (Lipinski definition) is 2. The fourth-order valence-corrected chi connectivity index (χ4v) is 6.14. The minimum absolute atomic E-state index is 0.0457. The van der Waals surface area contributed by atoms with E-state index in [-0.39, 0.29) is 35.8 Å². The Morgan fingerprint density at radius 3 is 2.42 bits per heavy atom. The van der Waals surface area contributed by atoms with E-state index in [1.807, 2.05) is 17.0 Å². The van der Waals surface area contributed by atoms with Gasteiger partial charge in [0.25, 0.3) is 11.8 Å². The molecule has 1 fully saturated rings. The molecule has 2 aliphatic rings. The van der Waals surface area contributed by atoms with Gasteiger partial charge < -0.3 is 15.3 Å². The molecule has 40 heavy (non-hydrogen) atoms. The summed E-state index contributed by atoms with van der Waals surface area (Å²) in [4.78, 5) is 44.5. The van der Waals surface area contributed by atoms with Crippen LogP contribution in [0.4, 0.5) is 4.39 Å². The molecule has 2 aromatic rings. The second kappa shape index (κ2) is 12.5. The molecule has 2 aromatic carbocycles. The van der Waals surface area contributed by atoms with Crippen LogP contribution in [0.5, 0.6) is 0 Å². The lowest BCUT2D eigenvalue weighted by Crippen LogP contribution is -2.51. The Kier molecular flexibility index (Phi) is 9.29. The molecule has 1 heterocycles. The van der Waals surface area contributed by atoms with Gasteiger partial charge in [-0.25, -0.2) is 4.39 Å². The summed E-state index contributed by atoms with van der Waals surface area (Å²) in [5.41, 5.74) is 1.43. The van der Waals surface area contributed by atoms with Crippen LogP contribution in [-0.2, 0) is 9.59 Å². The molecule has 0 bridgehead atoms. The molecular weight excluding hydrogens is 533 g/mol. The molecule has 1 saturated carbocycles. The summed E-state index contributed by atoms with van der Waals surface area (Å²) in [6.07, 6.45) is 4.77. The minimum Gasteiger partial charge on any atom is -0.481 e. The molecule has 0 aromatic heterocycles. The summed E-state index contributed by atoms with van der Waals surface area (Å²) in [7, 11) is 0. The second-order valence-electron chi connectivity index (χ2n) is 11.2. The van der Waals surface area contributed by atoms with Crippen molar-refractivity contribution in [2.24, 2.45) is 16.8 Å². The molecule has 1 aliphatic carbocycles. The summed E-state index contributed by atoms with van der Waals surface area (Å²) < 4.78 is 13.9. The van der Waals surface area contributed by atoms with E-state index < -0.39 is 17.4 Å². The highest BCUT2D eigenvalue weighted by atomic mass is 35.5. The van der Waals surface area contributed by atoms with Crippen LogP contribution in [0.15, 0.2) is 47.5 Å². The first-order valence-corrected chi connectivity index (χ1v) is 14.4. The first-order chi connectivity index (χ1) is 19.1. The van der Waals surface area contributed by atoms with Crippen LogP contribution in [0.2, 0.25) is 5.02 Å². The topological polar surface area (TPSA) is 99.1 Å². The number of hydrogen-bond acceptors (Lipinski definition) is 4. The van der Waals surface area contributed by atoms with Gasteiger partial charge in [-0.2, -0.15) is 0 Å². The number of aliphatic imine (C=N–C) groups is 1. The Bertz CT molecular complexity index is 1290. The second-order valence-corrected chi connectivity index (χ2v) is 11.6. The van der Waals surface area contributed by atoms with Gasteiger partial charge in [0.15, 0.2) is 0 Å². The molecule has 1 aliphatic heterocycles. The molecule has 214 valence electrons. The fourth-order valence-electron chi connectivity index (χ4n) is 5.96. The number of carboxylic acid groups (broad SMARTS) is 1. The van der Waals surface area contributed by atoms with Crippen LogP contribution >= 0.6 is 11.6 Å². The molecule has 9 heteroatoms. The molecule has 0 radical (unpaired) electrons. The van der Waals surface area contributed by atoms with Gasteiger partial charge in [-0.15, -0.1) is 0 Å². The van der Waals surface area contributed by atoms with E-state index in [1.165, 1.54) is 12.1 Å². The van der Waals surface area contributed by atoms with E-state index in [0.29, 0.717) is 35.1 Å². The Labute approximate surface area is 239 Å². The fraction of sp³-hybridized carbons (Fsp3) is 0.484. The molecule has 2 N–H and O–H groups in total. The quantitative estimate of drug-likeness (QED) is 0.346. The van der Waals surface area contributed by atoms with Crippen LogP contribution in [0.1, 0.15) is 93.2 Å². The summed E-state index contributed by atoms with van der Waals surface area (Å²) >= 11 is 6.09. The number of halogens is 2. The van der Waals surface area contributed by atoms with Gasteiger partial charge in [0.2, 0.25) is 0 Å². The Hall–Kier alpha value is -3.26. The predicted octanol–water partition coefficient (Wildman–Crippen LogP) is 6.40. The third kappa shape index (κ3) is 6.22. The number of carbonyl (C=O) groups excluding carboxylic acids is 2. The lowest BCUT2D eigenvalue weighted by Gasteiger charge is -2.46. The van der Waals surface area contributed by atoms with E-state index in [1.54, 1.807) is 18.2 Å². The van der Waals surface area contributed by atoms with Crippen molar-refractivity contribution >= 4 is 35.1 Å². The highest BCUT2D eigenvalue weighted by Gasteiger charge is 2.52. The zero-order valence-corrected chi connectivity index (χ0v) is 24.0. The maximum absolute atomic E-state index is 14.2. The summed E-state index contributed by atoms with van der Waals surface area (Å²) in [6.45, 7) is 6.58. The third-order valence-corrected chi connectivity index (χ3v) is 8.50. The Morgan fingerprint density at radius 2 is 1.85 bits per heavy atom. The van der Waals surface area contributed by atoms with E-state index in [0.717, 1.165) is 37.7 Å². The standard InChI is InChI=1S/C31H37ClFN3O4/c1-4-5-26(21-6-8-22(9-7-21)29(39)34-17-14-27(37)38)36-30(40)28(23-10-11-25(33)24(32)18-23)35-31(36)15-12-20(13-16-31)19(2)3/h6-11,18-20,26H,4-5,12-17H2,1-3H3,(H,34,39)(H,37,38). The third-order valence-electron chi connectivity index (χ3n) is 8.21. The lowest BCUT2D eigenvalue weighted by molar-refractivity contribution is -0.137. The summed E-state index contributed by atoms with van der Waals surface area (Å²) in [5, 5.41) is 11.4. The van der Waals surface area contributed by atoms with Crippen molar-refractivity contribution in [3.8, 4) is 0 Å². The van der Waals surface area contributed by atoms with Crippen LogP contribution in [0.25, 0.3) is 0 Å². The zero-order chi connectivity index (χ0) is 29.0.